The summed E-state index contributed by atoms with van der Waals surface area (Å²) in [7, 11) is -3.61. The third-order valence-corrected chi connectivity index (χ3v) is 3.70. The molecule has 2 heterocycles. The second kappa shape index (κ2) is 4.54. The molecule has 0 radical (unpaired) electrons. The summed E-state index contributed by atoms with van der Waals surface area (Å²) in [6.45, 7) is 0.197. The maximum Gasteiger partial charge on any atom is 0.271 e. The van der Waals surface area contributed by atoms with Crippen molar-refractivity contribution in [2.45, 2.75) is 6.42 Å². The second-order valence-corrected chi connectivity index (χ2v) is 5.95. The molecule has 0 saturated carbocycles. The molecule has 1 saturated heterocycles. The first-order valence-electron chi connectivity index (χ1n) is 5.35. The second-order valence-electron chi connectivity index (χ2n) is 4.29. The van der Waals surface area contributed by atoms with Gasteiger partial charge >= 0.3 is 0 Å². The molecule has 3 N–H and O–H groups in total. The van der Waals surface area contributed by atoms with Crippen LogP contribution in [0.2, 0.25) is 0 Å². The minimum absolute atomic E-state index is 0.0881. The zero-order valence-electron chi connectivity index (χ0n) is 9.50. The van der Waals surface area contributed by atoms with Gasteiger partial charge < -0.3 is 9.88 Å². The molecule has 0 aromatic carbocycles. The fraction of sp³-hybridized carbons (Fsp3) is 0.400. The van der Waals surface area contributed by atoms with E-state index in [1.54, 1.807) is 6.07 Å². The van der Waals surface area contributed by atoms with E-state index in [-0.39, 0.29) is 41.8 Å². The Bertz CT molecular complexity index is 622. The summed E-state index contributed by atoms with van der Waals surface area (Å²) in [5.74, 6) is -0.882. The highest BCUT2D eigenvalue weighted by Gasteiger charge is 2.33. The van der Waals surface area contributed by atoms with Gasteiger partial charge in [-0.15, -0.1) is 0 Å². The molecule has 18 heavy (non-hydrogen) atoms. The van der Waals surface area contributed by atoms with Crippen LogP contribution >= 0.6 is 0 Å². The fourth-order valence-electron chi connectivity index (χ4n) is 2.08. The minimum atomic E-state index is -3.61. The molecule has 2 rings (SSSR count). The number of primary sulfonamides is 1. The Balaban J connectivity index is 2.21. The number of nitrogens with zero attached hydrogens (tertiary/aromatic N) is 1. The molecule has 1 unspecified atom stereocenters. The van der Waals surface area contributed by atoms with Gasteiger partial charge in [0.25, 0.3) is 5.56 Å². The van der Waals surface area contributed by atoms with Gasteiger partial charge in [-0.05, 0) is 12.1 Å². The van der Waals surface area contributed by atoms with Crippen LogP contribution in [0.4, 0.5) is 5.69 Å². The van der Waals surface area contributed by atoms with E-state index in [1.807, 2.05) is 0 Å². The molecule has 1 aliphatic heterocycles. The van der Waals surface area contributed by atoms with Gasteiger partial charge in [-0.2, -0.15) is 0 Å². The molecular weight excluding hydrogens is 258 g/mol. The molecule has 1 aromatic rings. The molecule has 8 heteroatoms. The third kappa shape index (κ3) is 2.77. The number of anilines is 1. The van der Waals surface area contributed by atoms with Gasteiger partial charge in [0, 0.05) is 25.1 Å². The molecule has 1 amide bonds. The zero-order chi connectivity index (χ0) is 13.3. The first kappa shape index (κ1) is 12.8. The Morgan fingerprint density at radius 1 is 1.44 bits per heavy atom. The lowest BCUT2D eigenvalue weighted by Gasteiger charge is -2.15. The molecule has 0 aliphatic carbocycles. The highest BCUT2D eigenvalue weighted by molar-refractivity contribution is 7.89. The summed E-state index contributed by atoms with van der Waals surface area (Å²) in [5.41, 5.74) is -0.137. The minimum Gasteiger partial charge on any atom is -0.327 e. The number of aromatic amines is 1. The largest absolute Gasteiger partial charge is 0.327 e. The van der Waals surface area contributed by atoms with Crippen LogP contribution in [0.25, 0.3) is 0 Å². The van der Waals surface area contributed by atoms with Crippen molar-refractivity contribution < 1.29 is 13.2 Å². The number of hydrogen-bond donors (Lipinski definition) is 2. The van der Waals surface area contributed by atoms with Gasteiger partial charge in [0.05, 0.1) is 5.75 Å². The standard InChI is InChI=1S/C10H13N3O4S/c11-18(16,17)6-7-4-9(14)13(5-7)8-2-1-3-12-10(8)15/h1-3,7H,4-6H2,(H,12,15)(H2,11,16,17). The van der Waals surface area contributed by atoms with E-state index < -0.39 is 10.0 Å². The summed E-state index contributed by atoms with van der Waals surface area (Å²) >= 11 is 0. The molecule has 7 nitrogen and oxygen atoms in total. The molecule has 1 aromatic heterocycles. The van der Waals surface area contributed by atoms with Crippen LogP contribution in [0.1, 0.15) is 6.42 Å². The summed E-state index contributed by atoms with van der Waals surface area (Å²) in [6.07, 6.45) is 1.55. The lowest BCUT2D eigenvalue weighted by atomic mass is 10.1. The van der Waals surface area contributed by atoms with Gasteiger partial charge in [0.15, 0.2) is 0 Å². The van der Waals surface area contributed by atoms with Crippen molar-refractivity contribution in [2.24, 2.45) is 11.1 Å². The Morgan fingerprint density at radius 2 is 2.17 bits per heavy atom. The smallest absolute Gasteiger partial charge is 0.271 e. The van der Waals surface area contributed by atoms with Gasteiger partial charge in [0.2, 0.25) is 15.9 Å². The Labute approximate surface area is 104 Å². The van der Waals surface area contributed by atoms with Gasteiger partial charge in [-0.1, -0.05) is 0 Å². The SMILES string of the molecule is NS(=O)(=O)CC1CC(=O)N(c2ccc[nH]c2=O)C1. The Kier molecular flexibility index (Phi) is 3.22. The highest BCUT2D eigenvalue weighted by Crippen LogP contribution is 2.22. The number of sulfonamides is 1. The number of nitrogens with one attached hydrogen (secondary N) is 1. The van der Waals surface area contributed by atoms with Crippen LogP contribution < -0.4 is 15.6 Å². The van der Waals surface area contributed by atoms with Gasteiger partial charge in [-0.3, -0.25) is 9.59 Å². The predicted octanol–water partition coefficient (Wildman–Crippen LogP) is -0.984. The molecule has 98 valence electrons. The van der Waals surface area contributed by atoms with Crippen molar-refractivity contribution in [3.63, 3.8) is 0 Å². The summed E-state index contributed by atoms with van der Waals surface area (Å²) in [4.78, 5) is 27.1. The van der Waals surface area contributed by atoms with Crippen molar-refractivity contribution in [3.05, 3.63) is 28.7 Å². The lowest BCUT2D eigenvalue weighted by molar-refractivity contribution is -0.117. The number of carbonyl (C=O) groups excluding carboxylic acids is 1. The first-order chi connectivity index (χ1) is 8.37. The normalized spacial score (nSPS) is 20.4. The van der Waals surface area contributed by atoms with Gasteiger partial charge in [0.1, 0.15) is 5.69 Å². The van der Waals surface area contributed by atoms with Crippen LogP contribution in [-0.4, -0.2) is 31.6 Å². The van der Waals surface area contributed by atoms with Crippen molar-refractivity contribution in [2.75, 3.05) is 17.2 Å². The van der Waals surface area contributed by atoms with Crippen LogP contribution in [0, 0.1) is 5.92 Å². The maximum atomic E-state index is 11.8. The predicted molar refractivity (Wildman–Crippen MR) is 65.5 cm³/mol. The van der Waals surface area contributed by atoms with Crippen LogP contribution in [0.15, 0.2) is 23.1 Å². The molecule has 0 bridgehead atoms. The molecule has 1 fully saturated rings. The van der Waals surface area contributed by atoms with E-state index in [9.17, 15) is 18.0 Å². The van der Waals surface area contributed by atoms with E-state index >= 15 is 0 Å². The summed E-state index contributed by atoms with van der Waals surface area (Å²) < 4.78 is 22.0. The van der Waals surface area contributed by atoms with Crippen molar-refractivity contribution in [3.8, 4) is 0 Å². The summed E-state index contributed by atoms with van der Waals surface area (Å²) in [6, 6.07) is 3.13. The molecule has 0 spiro atoms. The number of carbonyl (C=O) groups is 1. The van der Waals surface area contributed by atoms with E-state index in [4.69, 9.17) is 5.14 Å². The number of rotatable bonds is 3. The van der Waals surface area contributed by atoms with Gasteiger partial charge in [-0.25, -0.2) is 13.6 Å². The van der Waals surface area contributed by atoms with Crippen molar-refractivity contribution in [1.82, 2.24) is 4.98 Å². The average Bonchev–Trinajstić information content (AvgIpc) is 2.57. The third-order valence-electron chi connectivity index (χ3n) is 2.76. The molecular formula is C10H13N3O4S. The summed E-state index contributed by atoms with van der Waals surface area (Å²) in [5, 5.41) is 4.95. The van der Waals surface area contributed by atoms with Crippen molar-refractivity contribution >= 4 is 21.6 Å². The number of H-pyrrole nitrogens is 1. The monoisotopic (exact) mass is 271 g/mol. The number of hydrogen-bond acceptors (Lipinski definition) is 4. The van der Waals surface area contributed by atoms with Crippen LogP contribution in [-0.2, 0) is 14.8 Å². The van der Waals surface area contributed by atoms with E-state index in [1.165, 1.54) is 17.2 Å². The van der Waals surface area contributed by atoms with Crippen LogP contribution in [0.3, 0.4) is 0 Å². The quantitative estimate of drug-likeness (QED) is 0.735. The number of amides is 1. The molecule has 1 aliphatic rings. The Hall–Kier alpha value is -1.67. The highest BCUT2D eigenvalue weighted by atomic mass is 32.2. The zero-order valence-corrected chi connectivity index (χ0v) is 10.3. The first-order valence-corrected chi connectivity index (χ1v) is 7.07. The maximum absolute atomic E-state index is 11.8. The average molecular weight is 271 g/mol. The van der Waals surface area contributed by atoms with E-state index in [2.05, 4.69) is 4.98 Å². The van der Waals surface area contributed by atoms with E-state index in [0.717, 1.165) is 0 Å². The number of nitrogens with two attached hydrogens (primary N) is 1. The fourth-order valence-corrected chi connectivity index (χ4v) is 2.96. The number of aromatic nitrogens is 1. The number of pyridine rings is 1. The van der Waals surface area contributed by atoms with Crippen LogP contribution in [0.5, 0.6) is 0 Å². The lowest BCUT2D eigenvalue weighted by Crippen LogP contribution is -2.31. The van der Waals surface area contributed by atoms with E-state index in [0.29, 0.717) is 0 Å². The molecule has 1 atom stereocenters. The Morgan fingerprint density at radius 3 is 2.78 bits per heavy atom. The van der Waals surface area contributed by atoms with Crippen molar-refractivity contribution in [1.29, 1.82) is 0 Å². The topological polar surface area (TPSA) is 113 Å².